The zero-order valence-corrected chi connectivity index (χ0v) is 18.8. The van der Waals surface area contributed by atoms with Crippen molar-refractivity contribution in [3.8, 4) is 11.3 Å². The van der Waals surface area contributed by atoms with Crippen molar-refractivity contribution in [1.82, 2.24) is 15.3 Å². The van der Waals surface area contributed by atoms with Gasteiger partial charge in [0.25, 0.3) is 0 Å². The van der Waals surface area contributed by atoms with Crippen LogP contribution in [0.2, 0.25) is 0 Å². The number of aromatic nitrogens is 2. The van der Waals surface area contributed by atoms with Gasteiger partial charge in [-0.15, -0.1) is 0 Å². The molecule has 4 rings (SSSR count). The van der Waals surface area contributed by atoms with Crippen LogP contribution in [-0.4, -0.2) is 55.7 Å². The summed E-state index contributed by atoms with van der Waals surface area (Å²) in [6.07, 6.45) is 7.06. The predicted molar refractivity (Wildman–Crippen MR) is 127 cm³/mol. The summed E-state index contributed by atoms with van der Waals surface area (Å²) in [5, 5.41) is 3.65. The van der Waals surface area contributed by atoms with Gasteiger partial charge in [-0.3, -0.25) is 4.99 Å². The third kappa shape index (κ3) is 4.82. The van der Waals surface area contributed by atoms with E-state index in [-0.39, 0.29) is 12.1 Å². The summed E-state index contributed by atoms with van der Waals surface area (Å²) in [5.74, 6) is 0.801. The van der Waals surface area contributed by atoms with Gasteiger partial charge in [0.1, 0.15) is 11.5 Å². The van der Waals surface area contributed by atoms with Crippen molar-refractivity contribution in [2.45, 2.75) is 37.8 Å². The van der Waals surface area contributed by atoms with E-state index in [1.807, 2.05) is 0 Å². The largest absolute Gasteiger partial charge is 0.404 e. The fourth-order valence-corrected chi connectivity index (χ4v) is 4.37. The van der Waals surface area contributed by atoms with E-state index in [4.69, 9.17) is 25.9 Å². The van der Waals surface area contributed by atoms with E-state index in [1.165, 1.54) is 17.3 Å². The Bertz CT molecular complexity index is 992. The minimum atomic E-state index is 0.136. The molecule has 32 heavy (non-hydrogen) atoms. The number of hydrogen-bond acceptors (Lipinski definition) is 8. The molecule has 1 aromatic carbocycles. The summed E-state index contributed by atoms with van der Waals surface area (Å²) in [4.78, 5) is 13.2. The first-order valence-corrected chi connectivity index (χ1v) is 11.1. The van der Waals surface area contributed by atoms with Gasteiger partial charge in [-0.25, -0.2) is 9.97 Å². The summed E-state index contributed by atoms with van der Waals surface area (Å²) in [6.45, 7) is 5.17. The van der Waals surface area contributed by atoms with E-state index >= 15 is 0 Å². The number of hydrogen-bond donors (Lipinski definition) is 3. The van der Waals surface area contributed by atoms with E-state index in [1.54, 1.807) is 19.5 Å². The first-order chi connectivity index (χ1) is 15.6. The average molecular weight is 437 g/mol. The molecule has 170 valence electrons. The van der Waals surface area contributed by atoms with E-state index in [2.05, 4.69) is 40.4 Å². The van der Waals surface area contributed by atoms with Gasteiger partial charge >= 0.3 is 0 Å². The van der Waals surface area contributed by atoms with Gasteiger partial charge in [-0.05, 0) is 42.9 Å². The van der Waals surface area contributed by atoms with Crippen molar-refractivity contribution in [3.63, 3.8) is 0 Å². The van der Waals surface area contributed by atoms with Crippen LogP contribution in [0.3, 0.4) is 0 Å². The van der Waals surface area contributed by atoms with E-state index in [0.29, 0.717) is 29.6 Å². The molecule has 2 fully saturated rings. The highest BCUT2D eigenvalue weighted by Gasteiger charge is 2.26. The Labute approximate surface area is 189 Å². The number of morpholine rings is 1. The maximum absolute atomic E-state index is 6.09. The Morgan fingerprint density at radius 3 is 2.75 bits per heavy atom. The second kappa shape index (κ2) is 10.2. The molecule has 8 nitrogen and oxygen atoms in total. The Kier molecular flexibility index (Phi) is 7.14. The topological polar surface area (TPSA) is 121 Å². The molecule has 2 atom stereocenters. The highest BCUT2D eigenvalue weighted by molar-refractivity contribution is 6.10. The molecule has 0 aliphatic carbocycles. The summed E-state index contributed by atoms with van der Waals surface area (Å²) in [6, 6.07) is 6.69. The molecule has 2 aliphatic heterocycles. The normalized spacial score (nSPS) is 23.0. The maximum atomic E-state index is 6.09. The highest BCUT2D eigenvalue weighted by Crippen LogP contribution is 2.36. The number of nitrogens with zero attached hydrogens (tertiary/aromatic N) is 3. The third-order valence-electron chi connectivity index (χ3n) is 6.14. The lowest BCUT2D eigenvalue weighted by Crippen LogP contribution is -2.40. The maximum Gasteiger partial charge on any atom is 0.150 e. The quantitative estimate of drug-likeness (QED) is 0.616. The number of nitrogens with one attached hydrogen (secondary N) is 1. The molecule has 3 heterocycles. The fraction of sp³-hybridized carbons (Fsp3) is 0.458. The molecule has 0 amide bonds. The van der Waals surface area contributed by atoms with Crippen LogP contribution in [0.1, 0.15) is 48.5 Å². The molecule has 2 saturated heterocycles. The lowest BCUT2D eigenvalue weighted by molar-refractivity contribution is 0.0144. The average Bonchev–Trinajstić information content (AvgIpc) is 2.84. The minimum Gasteiger partial charge on any atom is -0.404 e. The first kappa shape index (κ1) is 22.4. The van der Waals surface area contributed by atoms with Crippen LogP contribution in [0.5, 0.6) is 0 Å². The third-order valence-corrected chi connectivity index (χ3v) is 6.14. The van der Waals surface area contributed by atoms with Gasteiger partial charge < -0.3 is 26.3 Å². The zero-order chi connectivity index (χ0) is 22.5. The van der Waals surface area contributed by atoms with Crippen molar-refractivity contribution in [2.75, 3.05) is 39.1 Å². The molecule has 0 saturated carbocycles. The highest BCUT2D eigenvalue weighted by atomic mass is 16.5. The molecule has 5 N–H and O–H groups in total. The van der Waals surface area contributed by atoms with Crippen LogP contribution in [0.25, 0.3) is 16.8 Å². The zero-order valence-electron chi connectivity index (χ0n) is 18.8. The number of allylic oxidation sites excluding steroid dienone is 1. The summed E-state index contributed by atoms with van der Waals surface area (Å²) in [7, 11) is 1.68. The van der Waals surface area contributed by atoms with Crippen LogP contribution in [-0.2, 0) is 9.47 Å². The SMILES string of the molecule is CN=CC(=CN)c1nc(-c2ccc(C3CCOCC3)c([C@@H]3CO[C@@H](C)CN3)c2)cnc1N. The van der Waals surface area contributed by atoms with Crippen LogP contribution in [0, 0.1) is 0 Å². The van der Waals surface area contributed by atoms with Crippen LogP contribution in [0.15, 0.2) is 35.6 Å². The van der Waals surface area contributed by atoms with Crippen molar-refractivity contribution in [2.24, 2.45) is 10.7 Å². The van der Waals surface area contributed by atoms with Gasteiger partial charge in [-0.2, -0.15) is 0 Å². The molecule has 2 aliphatic rings. The summed E-state index contributed by atoms with van der Waals surface area (Å²) >= 11 is 0. The lowest BCUT2D eigenvalue weighted by Gasteiger charge is -2.33. The van der Waals surface area contributed by atoms with Gasteiger partial charge in [0.2, 0.25) is 0 Å². The summed E-state index contributed by atoms with van der Waals surface area (Å²) in [5.41, 5.74) is 17.4. The Balaban J connectivity index is 1.74. The minimum absolute atomic E-state index is 0.136. The van der Waals surface area contributed by atoms with Crippen molar-refractivity contribution >= 4 is 17.6 Å². The molecule has 0 spiro atoms. The van der Waals surface area contributed by atoms with E-state index in [0.717, 1.165) is 43.9 Å². The Hall–Kier alpha value is -2.81. The molecule has 0 bridgehead atoms. The van der Waals surface area contributed by atoms with Gasteiger partial charge in [0.15, 0.2) is 0 Å². The first-order valence-electron chi connectivity index (χ1n) is 11.1. The molecular formula is C24H32N6O2. The van der Waals surface area contributed by atoms with E-state index < -0.39 is 0 Å². The second-order valence-corrected chi connectivity index (χ2v) is 8.33. The molecule has 0 unspecified atom stereocenters. The van der Waals surface area contributed by atoms with Gasteiger partial charge in [-0.1, -0.05) is 12.1 Å². The monoisotopic (exact) mass is 436 g/mol. The smallest absolute Gasteiger partial charge is 0.150 e. The van der Waals surface area contributed by atoms with Gasteiger partial charge in [0.05, 0.1) is 30.6 Å². The van der Waals surface area contributed by atoms with Crippen molar-refractivity contribution < 1.29 is 9.47 Å². The molecular weight excluding hydrogens is 404 g/mol. The van der Waals surface area contributed by atoms with E-state index in [9.17, 15) is 0 Å². The van der Waals surface area contributed by atoms with Crippen molar-refractivity contribution in [1.29, 1.82) is 0 Å². The van der Waals surface area contributed by atoms with Crippen LogP contribution in [0.4, 0.5) is 5.82 Å². The number of benzene rings is 1. The van der Waals surface area contributed by atoms with Crippen molar-refractivity contribution in [3.05, 3.63) is 47.4 Å². The second-order valence-electron chi connectivity index (χ2n) is 8.33. The molecule has 2 aromatic rings. The number of anilines is 1. The Morgan fingerprint density at radius 2 is 2.06 bits per heavy atom. The fourth-order valence-electron chi connectivity index (χ4n) is 4.37. The predicted octanol–water partition coefficient (Wildman–Crippen LogP) is 2.67. The summed E-state index contributed by atoms with van der Waals surface area (Å²) < 4.78 is 11.6. The molecule has 0 radical (unpaired) electrons. The molecule has 8 heteroatoms. The number of aliphatic imine (C=N–C) groups is 1. The van der Waals surface area contributed by atoms with Crippen LogP contribution >= 0.6 is 0 Å². The molecule has 1 aromatic heterocycles. The standard InChI is InChI=1S/C24H32N6O2/c1-15-11-28-22(14-32-15)20-9-17(3-4-19(20)16-5-7-31-8-6-16)21-13-29-24(26)23(30-21)18(10-25)12-27-2/h3-4,9-10,12-13,15-16,22,28H,5-8,11,14,25H2,1-2H3,(H2,26,29)/t15-,22-/m0/s1. The van der Waals surface area contributed by atoms with Gasteiger partial charge in [0, 0.05) is 50.4 Å². The number of nitrogens with two attached hydrogens (primary N) is 2. The number of nitrogen functional groups attached to an aromatic ring is 1. The Morgan fingerprint density at radius 1 is 1.25 bits per heavy atom. The van der Waals surface area contributed by atoms with Crippen LogP contribution < -0.4 is 16.8 Å². The number of ether oxygens (including phenoxy) is 2. The number of rotatable bonds is 5. The lowest BCUT2D eigenvalue weighted by atomic mass is 9.84.